The molecule has 0 aromatic heterocycles. The second kappa shape index (κ2) is 7.91. The predicted octanol–water partition coefficient (Wildman–Crippen LogP) is 1.27. The van der Waals surface area contributed by atoms with Crippen LogP contribution in [0, 0.1) is 5.82 Å². The molecule has 0 saturated heterocycles. The van der Waals surface area contributed by atoms with E-state index in [9.17, 15) is 12.8 Å². The van der Waals surface area contributed by atoms with E-state index < -0.39 is 15.8 Å². The monoisotopic (exact) mass is 355 g/mol. The van der Waals surface area contributed by atoms with Crippen LogP contribution in [0.2, 0.25) is 0 Å². The Bertz CT molecular complexity index is 509. The van der Waals surface area contributed by atoms with Gasteiger partial charge in [0.2, 0.25) is 10.0 Å². The lowest BCUT2D eigenvalue weighted by Gasteiger charge is -2.08. The zero-order chi connectivity index (χ0) is 14.3. The van der Waals surface area contributed by atoms with E-state index in [1.807, 2.05) is 0 Å². The fraction of sp³-hybridized carbons (Fsp3) is 0.455. The minimum absolute atomic E-state index is 0.00910. The summed E-state index contributed by atoms with van der Waals surface area (Å²) < 4.78 is 44.3. The van der Waals surface area contributed by atoms with Crippen LogP contribution in [0.1, 0.15) is 6.42 Å². The molecule has 0 aliphatic heterocycles. The molecule has 0 aliphatic rings. The second-order valence-electron chi connectivity index (χ2n) is 3.66. The van der Waals surface area contributed by atoms with E-state index in [0.717, 1.165) is 12.1 Å². The van der Waals surface area contributed by atoms with Crippen LogP contribution in [0.3, 0.4) is 0 Å². The molecule has 0 amide bonds. The summed E-state index contributed by atoms with van der Waals surface area (Å²) >= 11 is 3.01. The van der Waals surface area contributed by atoms with Crippen molar-refractivity contribution in [2.24, 2.45) is 0 Å². The Morgan fingerprint density at radius 3 is 2.74 bits per heavy atom. The number of nitrogens with one attached hydrogen (secondary N) is 1. The van der Waals surface area contributed by atoms with Gasteiger partial charge in [-0.25, -0.2) is 17.5 Å². The van der Waals surface area contributed by atoms with Crippen molar-refractivity contribution in [3.05, 3.63) is 28.5 Å². The largest absolute Gasteiger partial charge is 0.394 e. The number of halogens is 2. The molecular weight excluding hydrogens is 341 g/mol. The van der Waals surface area contributed by atoms with Crippen LogP contribution in [0.4, 0.5) is 4.39 Å². The van der Waals surface area contributed by atoms with Gasteiger partial charge in [0.05, 0.1) is 18.1 Å². The topological polar surface area (TPSA) is 75.6 Å². The lowest BCUT2D eigenvalue weighted by atomic mass is 10.3. The summed E-state index contributed by atoms with van der Waals surface area (Å²) in [5.74, 6) is -0.511. The van der Waals surface area contributed by atoms with Gasteiger partial charge in [0.1, 0.15) is 5.82 Å². The van der Waals surface area contributed by atoms with Crippen molar-refractivity contribution in [2.45, 2.75) is 11.3 Å². The van der Waals surface area contributed by atoms with Gasteiger partial charge in [-0.3, -0.25) is 0 Å². The highest BCUT2D eigenvalue weighted by Crippen LogP contribution is 2.22. The second-order valence-corrected chi connectivity index (χ2v) is 6.25. The number of benzene rings is 1. The zero-order valence-corrected chi connectivity index (χ0v) is 12.5. The van der Waals surface area contributed by atoms with Gasteiger partial charge in [0.25, 0.3) is 0 Å². The number of aliphatic hydroxyl groups is 1. The van der Waals surface area contributed by atoms with Gasteiger partial charge in [0, 0.05) is 17.6 Å². The van der Waals surface area contributed by atoms with Gasteiger partial charge in [-0.2, -0.15) is 0 Å². The van der Waals surface area contributed by atoms with Gasteiger partial charge in [-0.15, -0.1) is 0 Å². The highest BCUT2D eigenvalue weighted by Gasteiger charge is 2.17. The highest BCUT2D eigenvalue weighted by molar-refractivity contribution is 9.10. The first-order valence-electron chi connectivity index (χ1n) is 5.60. The van der Waals surface area contributed by atoms with Crippen LogP contribution in [-0.4, -0.2) is 39.9 Å². The third-order valence-corrected chi connectivity index (χ3v) is 4.61. The van der Waals surface area contributed by atoms with E-state index in [1.165, 1.54) is 6.07 Å². The minimum atomic E-state index is -3.67. The van der Waals surface area contributed by atoms with Crippen LogP contribution < -0.4 is 4.72 Å². The molecule has 0 aliphatic carbocycles. The van der Waals surface area contributed by atoms with E-state index in [2.05, 4.69) is 20.7 Å². The smallest absolute Gasteiger partial charge is 0.241 e. The zero-order valence-electron chi connectivity index (χ0n) is 10.1. The number of rotatable bonds is 8. The fourth-order valence-corrected chi connectivity index (χ4v) is 3.44. The molecule has 19 heavy (non-hydrogen) atoms. The van der Waals surface area contributed by atoms with Crippen molar-refractivity contribution in [1.29, 1.82) is 0 Å². The Balaban J connectivity index is 2.52. The summed E-state index contributed by atoms with van der Waals surface area (Å²) in [5.41, 5.74) is 0. The molecule has 0 saturated carbocycles. The summed E-state index contributed by atoms with van der Waals surface area (Å²) in [6.07, 6.45) is 0.484. The van der Waals surface area contributed by atoms with Crippen molar-refractivity contribution in [3.63, 3.8) is 0 Å². The summed E-state index contributed by atoms with van der Waals surface area (Å²) in [6.45, 7) is 0.732. The highest BCUT2D eigenvalue weighted by atomic mass is 79.9. The number of sulfonamides is 1. The SMILES string of the molecule is O=S(=O)(NCCCOCCO)c1ccc(F)cc1Br. The average molecular weight is 356 g/mol. The first kappa shape index (κ1) is 16.5. The maximum absolute atomic E-state index is 12.9. The molecule has 108 valence electrons. The van der Waals surface area contributed by atoms with E-state index in [-0.39, 0.29) is 29.1 Å². The van der Waals surface area contributed by atoms with Crippen molar-refractivity contribution in [3.8, 4) is 0 Å². The Morgan fingerprint density at radius 2 is 2.11 bits per heavy atom. The van der Waals surface area contributed by atoms with E-state index >= 15 is 0 Å². The predicted molar refractivity (Wildman–Crippen MR) is 71.8 cm³/mol. The first-order chi connectivity index (χ1) is 8.97. The molecular formula is C11H15BrFNO4S. The van der Waals surface area contributed by atoms with Crippen LogP contribution >= 0.6 is 15.9 Å². The number of hydrogen-bond acceptors (Lipinski definition) is 4. The molecule has 1 aromatic rings. The summed E-state index contributed by atoms with van der Waals surface area (Å²) in [5, 5.41) is 8.48. The summed E-state index contributed by atoms with van der Waals surface area (Å²) in [6, 6.07) is 3.38. The number of aliphatic hydroxyl groups excluding tert-OH is 1. The lowest BCUT2D eigenvalue weighted by Crippen LogP contribution is -2.26. The number of ether oxygens (including phenoxy) is 1. The molecule has 0 spiro atoms. The van der Waals surface area contributed by atoms with Gasteiger partial charge in [0.15, 0.2) is 0 Å². The Hall–Kier alpha value is -0.540. The standard InChI is InChI=1S/C11H15BrFNO4S/c12-10-8-9(13)2-3-11(10)19(16,17)14-4-1-6-18-7-5-15/h2-3,8,14-15H,1,4-7H2. The van der Waals surface area contributed by atoms with Crippen molar-refractivity contribution < 1.29 is 22.7 Å². The third kappa shape index (κ3) is 5.53. The molecule has 1 aromatic carbocycles. The van der Waals surface area contributed by atoms with Crippen LogP contribution in [-0.2, 0) is 14.8 Å². The van der Waals surface area contributed by atoms with E-state index in [4.69, 9.17) is 9.84 Å². The third-order valence-electron chi connectivity index (χ3n) is 2.18. The van der Waals surface area contributed by atoms with Gasteiger partial charge in [-0.05, 0) is 40.5 Å². The normalized spacial score (nSPS) is 11.7. The maximum atomic E-state index is 12.9. The van der Waals surface area contributed by atoms with Crippen LogP contribution in [0.15, 0.2) is 27.6 Å². The summed E-state index contributed by atoms with van der Waals surface area (Å²) in [4.78, 5) is -0.00910. The van der Waals surface area contributed by atoms with Crippen molar-refractivity contribution in [2.75, 3.05) is 26.4 Å². The molecule has 0 bridgehead atoms. The quantitative estimate of drug-likeness (QED) is 0.688. The molecule has 0 fully saturated rings. The minimum Gasteiger partial charge on any atom is -0.394 e. The molecule has 8 heteroatoms. The van der Waals surface area contributed by atoms with Gasteiger partial charge >= 0.3 is 0 Å². The van der Waals surface area contributed by atoms with Crippen LogP contribution in [0.5, 0.6) is 0 Å². The molecule has 0 heterocycles. The van der Waals surface area contributed by atoms with Gasteiger partial charge in [-0.1, -0.05) is 0 Å². The summed E-state index contributed by atoms with van der Waals surface area (Å²) in [7, 11) is -3.67. The maximum Gasteiger partial charge on any atom is 0.241 e. The van der Waals surface area contributed by atoms with Gasteiger partial charge < -0.3 is 9.84 Å². The van der Waals surface area contributed by atoms with Crippen LogP contribution in [0.25, 0.3) is 0 Å². The Kier molecular flexibility index (Phi) is 6.87. The fourth-order valence-electron chi connectivity index (χ4n) is 1.32. The Labute approximate surface area is 120 Å². The molecule has 0 unspecified atom stereocenters. The molecule has 0 atom stereocenters. The van der Waals surface area contributed by atoms with Crippen molar-refractivity contribution in [1.82, 2.24) is 4.72 Å². The molecule has 1 rings (SSSR count). The molecule has 5 nitrogen and oxygen atoms in total. The Morgan fingerprint density at radius 1 is 1.37 bits per heavy atom. The number of hydrogen-bond donors (Lipinski definition) is 2. The first-order valence-corrected chi connectivity index (χ1v) is 7.88. The molecule has 0 radical (unpaired) electrons. The molecule has 2 N–H and O–H groups in total. The van der Waals surface area contributed by atoms with E-state index in [0.29, 0.717) is 13.0 Å². The van der Waals surface area contributed by atoms with Crippen molar-refractivity contribution >= 4 is 26.0 Å². The lowest BCUT2D eigenvalue weighted by molar-refractivity contribution is 0.0913. The average Bonchev–Trinajstić information content (AvgIpc) is 2.33. The van der Waals surface area contributed by atoms with E-state index in [1.54, 1.807) is 0 Å².